The van der Waals surface area contributed by atoms with Crippen molar-refractivity contribution >= 4 is 0 Å². The number of hydrogen-bond donors (Lipinski definition) is 1. The van der Waals surface area contributed by atoms with Gasteiger partial charge in [-0.3, -0.25) is 4.90 Å². The van der Waals surface area contributed by atoms with Crippen molar-refractivity contribution in [3.8, 4) is 11.8 Å². The van der Waals surface area contributed by atoms with Gasteiger partial charge in [0.25, 0.3) is 0 Å². The molecule has 3 heteroatoms. The molecule has 0 bridgehead atoms. The first-order valence-electron chi connectivity index (χ1n) is 7.20. The van der Waals surface area contributed by atoms with Crippen LogP contribution in [0.2, 0.25) is 0 Å². The van der Waals surface area contributed by atoms with Crippen molar-refractivity contribution in [1.29, 1.82) is 0 Å². The Morgan fingerprint density at radius 2 is 2.15 bits per heavy atom. The molecule has 1 N–H and O–H groups in total. The molecule has 0 radical (unpaired) electrons. The molecule has 2 unspecified atom stereocenters. The molecule has 0 amide bonds. The summed E-state index contributed by atoms with van der Waals surface area (Å²) in [6, 6.07) is 4.74. The fraction of sp³-hybridized carbons (Fsp3) is 0.529. The fourth-order valence-corrected chi connectivity index (χ4v) is 2.67. The molecule has 1 aliphatic rings. The highest BCUT2D eigenvalue weighted by atomic mass is 19.1. The minimum atomic E-state index is -0.281. The second-order valence-corrected chi connectivity index (χ2v) is 5.74. The molecule has 108 valence electrons. The molecule has 1 aliphatic heterocycles. The van der Waals surface area contributed by atoms with Gasteiger partial charge >= 0.3 is 0 Å². The molecule has 1 aromatic carbocycles. The summed E-state index contributed by atoms with van der Waals surface area (Å²) in [6.45, 7) is 7.34. The number of benzene rings is 1. The van der Waals surface area contributed by atoms with Crippen molar-refractivity contribution in [2.75, 3.05) is 19.7 Å². The van der Waals surface area contributed by atoms with Crippen LogP contribution in [0.4, 0.5) is 4.39 Å². The van der Waals surface area contributed by atoms with Crippen LogP contribution in [0, 0.1) is 29.5 Å². The van der Waals surface area contributed by atoms with Crippen molar-refractivity contribution in [2.45, 2.75) is 26.8 Å². The Kier molecular flexibility index (Phi) is 5.17. The number of likely N-dealkylation sites (tertiary alicyclic amines) is 1. The summed E-state index contributed by atoms with van der Waals surface area (Å²) in [7, 11) is 0. The van der Waals surface area contributed by atoms with Crippen molar-refractivity contribution in [1.82, 2.24) is 4.90 Å². The van der Waals surface area contributed by atoms with Crippen LogP contribution in [0.1, 0.15) is 31.4 Å². The molecule has 1 heterocycles. The summed E-state index contributed by atoms with van der Waals surface area (Å²) < 4.78 is 13.3. The van der Waals surface area contributed by atoms with E-state index >= 15 is 0 Å². The molecule has 0 spiro atoms. The lowest BCUT2D eigenvalue weighted by atomic mass is 9.88. The van der Waals surface area contributed by atoms with Crippen LogP contribution in [0.25, 0.3) is 0 Å². The van der Waals surface area contributed by atoms with Gasteiger partial charge in [-0.2, -0.15) is 0 Å². The summed E-state index contributed by atoms with van der Waals surface area (Å²) in [5, 5.41) is 8.80. The van der Waals surface area contributed by atoms with E-state index < -0.39 is 0 Å². The summed E-state index contributed by atoms with van der Waals surface area (Å²) in [5.74, 6) is 6.63. The van der Waals surface area contributed by atoms with E-state index in [1.54, 1.807) is 6.07 Å². The van der Waals surface area contributed by atoms with Crippen LogP contribution in [0.3, 0.4) is 0 Å². The number of aliphatic hydroxyl groups is 1. The van der Waals surface area contributed by atoms with Crippen LogP contribution in [-0.4, -0.2) is 29.7 Å². The van der Waals surface area contributed by atoms with Gasteiger partial charge in [0, 0.05) is 18.7 Å². The topological polar surface area (TPSA) is 23.5 Å². The molecule has 0 saturated carbocycles. The van der Waals surface area contributed by atoms with Gasteiger partial charge in [-0.25, -0.2) is 4.39 Å². The molecule has 1 fully saturated rings. The quantitative estimate of drug-likeness (QED) is 0.839. The van der Waals surface area contributed by atoms with Gasteiger partial charge < -0.3 is 5.11 Å². The maximum Gasteiger partial charge on any atom is 0.124 e. The Bertz CT molecular complexity index is 517. The summed E-state index contributed by atoms with van der Waals surface area (Å²) in [6.07, 6.45) is 1.21. The van der Waals surface area contributed by atoms with E-state index in [0.29, 0.717) is 11.5 Å². The van der Waals surface area contributed by atoms with E-state index in [1.807, 2.05) is 0 Å². The first-order chi connectivity index (χ1) is 9.60. The highest BCUT2D eigenvalue weighted by Crippen LogP contribution is 2.24. The Morgan fingerprint density at radius 1 is 1.35 bits per heavy atom. The minimum Gasteiger partial charge on any atom is -0.384 e. The minimum absolute atomic E-state index is 0.200. The first kappa shape index (κ1) is 15.0. The van der Waals surface area contributed by atoms with Crippen LogP contribution in [-0.2, 0) is 6.54 Å². The van der Waals surface area contributed by atoms with Crippen molar-refractivity contribution in [3.05, 3.63) is 35.1 Å². The maximum atomic E-state index is 13.3. The molecule has 1 aromatic rings. The Morgan fingerprint density at radius 3 is 2.85 bits per heavy atom. The lowest BCUT2D eigenvalue weighted by Crippen LogP contribution is -2.38. The zero-order valence-corrected chi connectivity index (χ0v) is 12.2. The molecule has 0 aromatic heterocycles. The zero-order chi connectivity index (χ0) is 14.5. The van der Waals surface area contributed by atoms with E-state index in [-0.39, 0.29) is 12.4 Å². The van der Waals surface area contributed by atoms with Gasteiger partial charge in [-0.1, -0.05) is 31.8 Å². The average molecular weight is 275 g/mol. The van der Waals surface area contributed by atoms with Gasteiger partial charge in [-0.05, 0) is 42.5 Å². The number of piperidine rings is 1. The lowest BCUT2D eigenvalue weighted by molar-refractivity contribution is 0.132. The van der Waals surface area contributed by atoms with E-state index in [9.17, 15) is 4.39 Å². The highest BCUT2D eigenvalue weighted by Gasteiger charge is 2.22. The van der Waals surface area contributed by atoms with Crippen molar-refractivity contribution in [2.24, 2.45) is 11.8 Å². The summed E-state index contributed by atoms with van der Waals surface area (Å²) in [4.78, 5) is 2.40. The van der Waals surface area contributed by atoms with Crippen LogP contribution in [0.15, 0.2) is 18.2 Å². The number of nitrogens with zero attached hydrogens (tertiary/aromatic N) is 1. The summed E-state index contributed by atoms with van der Waals surface area (Å²) in [5.41, 5.74) is 1.72. The normalized spacial score (nSPS) is 23.2. The van der Waals surface area contributed by atoms with Crippen LogP contribution in [0.5, 0.6) is 0 Å². The SMILES string of the molecule is CC1CCN(Cc2ccc(F)cc2C#CCO)CC1C. The van der Waals surface area contributed by atoms with Gasteiger partial charge in [0.2, 0.25) is 0 Å². The third-order valence-electron chi connectivity index (χ3n) is 4.19. The van der Waals surface area contributed by atoms with E-state index in [1.165, 1.54) is 18.6 Å². The smallest absolute Gasteiger partial charge is 0.124 e. The summed E-state index contributed by atoms with van der Waals surface area (Å²) >= 11 is 0. The number of aliphatic hydroxyl groups excluding tert-OH is 1. The zero-order valence-electron chi connectivity index (χ0n) is 12.2. The number of hydrogen-bond acceptors (Lipinski definition) is 2. The Balaban J connectivity index is 2.12. The molecule has 2 atom stereocenters. The Labute approximate surface area is 120 Å². The third-order valence-corrected chi connectivity index (χ3v) is 4.19. The maximum absolute atomic E-state index is 13.3. The largest absolute Gasteiger partial charge is 0.384 e. The Hall–Kier alpha value is -1.37. The first-order valence-corrected chi connectivity index (χ1v) is 7.20. The lowest BCUT2D eigenvalue weighted by Gasteiger charge is -2.35. The highest BCUT2D eigenvalue weighted by molar-refractivity contribution is 5.41. The molecule has 1 saturated heterocycles. The average Bonchev–Trinajstić information content (AvgIpc) is 2.43. The van der Waals surface area contributed by atoms with Crippen molar-refractivity contribution in [3.63, 3.8) is 0 Å². The molecule has 2 rings (SSSR count). The van der Waals surface area contributed by atoms with Crippen LogP contribution >= 0.6 is 0 Å². The fourth-order valence-electron chi connectivity index (χ4n) is 2.67. The van der Waals surface area contributed by atoms with Crippen molar-refractivity contribution < 1.29 is 9.50 Å². The van der Waals surface area contributed by atoms with Gasteiger partial charge in [0.15, 0.2) is 0 Å². The van der Waals surface area contributed by atoms with Gasteiger partial charge in [0.05, 0.1) is 0 Å². The molecule has 20 heavy (non-hydrogen) atoms. The van der Waals surface area contributed by atoms with Crippen LogP contribution < -0.4 is 0 Å². The van der Waals surface area contributed by atoms with Gasteiger partial charge in [-0.15, -0.1) is 0 Å². The molecule has 0 aliphatic carbocycles. The number of halogens is 1. The second-order valence-electron chi connectivity index (χ2n) is 5.74. The third kappa shape index (κ3) is 3.82. The van der Waals surface area contributed by atoms with E-state index in [2.05, 4.69) is 30.6 Å². The predicted molar refractivity (Wildman–Crippen MR) is 78.6 cm³/mol. The number of rotatable bonds is 2. The van der Waals surface area contributed by atoms with E-state index in [0.717, 1.165) is 31.1 Å². The standard InChI is InChI=1S/C17H22FNO/c1-13-7-8-19(11-14(13)2)12-16-5-6-17(18)10-15(16)4-3-9-20/h5-6,10,13-14,20H,7-9,11-12H2,1-2H3. The molecular formula is C17H22FNO. The molecule has 2 nitrogen and oxygen atoms in total. The monoisotopic (exact) mass is 275 g/mol. The van der Waals surface area contributed by atoms with E-state index in [4.69, 9.17) is 5.11 Å². The second kappa shape index (κ2) is 6.88. The molecular weight excluding hydrogens is 253 g/mol. The van der Waals surface area contributed by atoms with Gasteiger partial charge in [0.1, 0.15) is 12.4 Å². The predicted octanol–water partition coefficient (Wildman–Crippen LogP) is 2.65.